The zero-order valence-corrected chi connectivity index (χ0v) is 16.2. The Morgan fingerprint density at radius 2 is 2.21 bits per heavy atom. The summed E-state index contributed by atoms with van der Waals surface area (Å²) in [6, 6.07) is 3.69. The van der Waals surface area contributed by atoms with Crippen molar-refractivity contribution in [2.24, 2.45) is 10.9 Å². The maximum atomic E-state index is 12.5. The van der Waals surface area contributed by atoms with Gasteiger partial charge in [0, 0.05) is 43.2 Å². The Morgan fingerprint density at radius 3 is 2.93 bits per heavy atom. The van der Waals surface area contributed by atoms with E-state index < -0.39 is 5.97 Å². The minimum atomic E-state index is -0.625. The molecular formula is C21H23N3O5. The van der Waals surface area contributed by atoms with E-state index in [9.17, 15) is 15.0 Å². The number of carbonyl (C=O) groups is 1. The van der Waals surface area contributed by atoms with Gasteiger partial charge in [-0.1, -0.05) is 0 Å². The van der Waals surface area contributed by atoms with Crippen LogP contribution in [0, 0.1) is 5.92 Å². The molecule has 0 unspecified atom stereocenters. The van der Waals surface area contributed by atoms with Crippen LogP contribution >= 0.6 is 0 Å². The zero-order chi connectivity index (χ0) is 20.4. The van der Waals surface area contributed by atoms with E-state index in [1.807, 2.05) is 17.0 Å². The summed E-state index contributed by atoms with van der Waals surface area (Å²) < 4.78 is 11.1. The van der Waals surface area contributed by atoms with Crippen molar-refractivity contribution < 1.29 is 24.2 Å². The Balaban J connectivity index is 1.72. The summed E-state index contributed by atoms with van der Waals surface area (Å²) in [4.78, 5) is 22.9. The second-order valence-corrected chi connectivity index (χ2v) is 7.06. The molecule has 4 rings (SSSR count). The van der Waals surface area contributed by atoms with Gasteiger partial charge >= 0.3 is 5.97 Å². The average molecular weight is 397 g/mol. The number of ether oxygens (including phenoxy) is 1. The first-order valence-corrected chi connectivity index (χ1v) is 9.72. The number of rotatable bonds is 5. The second-order valence-electron chi connectivity index (χ2n) is 7.06. The number of piperidine rings is 1. The first-order valence-electron chi connectivity index (χ1n) is 9.72. The molecule has 0 radical (unpaired) electrons. The average Bonchev–Trinajstić information content (AvgIpc) is 3.30. The molecule has 2 aromatic rings. The van der Waals surface area contributed by atoms with Crippen molar-refractivity contribution in [3.05, 3.63) is 35.2 Å². The molecule has 2 N–H and O–H groups in total. The van der Waals surface area contributed by atoms with Gasteiger partial charge in [0.1, 0.15) is 0 Å². The number of fused-ring (bicyclic) bond motifs is 1. The molecule has 4 heterocycles. The van der Waals surface area contributed by atoms with Crippen molar-refractivity contribution in [2.75, 3.05) is 31.2 Å². The number of aliphatic imine (C=N–C) groups is 1. The van der Waals surface area contributed by atoms with Crippen LogP contribution in [-0.2, 0) is 4.74 Å². The second kappa shape index (κ2) is 8.08. The van der Waals surface area contributed by atoms with Crippen LogP contribution in [0.4, 0.5) is 11.7 Å². The first-order chi connectivity index (χ1) is 14.1. The van der Waals surface area contributed by atoms with E-state index >= 15 is 0 Å². The third-order valence-corrected chi connectivity index (χ3v) is 5.24. The van der Waals surface area contributed by atoms with Gasteiger partial charge in [-0.05, 0) is 43.9 Å². The quantitative estimate of drug-likeness (QED) is 0.747. The van der Waals surface area contributed by atoms with Crippen LogP contribution in [0.3, 0.4) is 0 Å². The molecule has 8 nitrogen and oxygen atoms in total. The molecule has 0 amide bonds. The molecule has 1 fully saturated rings. The normalized spacial score (nSPS) is 17.7. The van der Waals surface area contributed by atoms with Gasteiger partial charge in [0.05, 0.1) is 6.61 Å². The number of aromatic nitrogens is 1. The van der Waals surface area contributed by atoms with Crippen LogP contribution in [0.5, 0.6) is 5.75 Å². The standard InChI is InChI=1S/C21H23N3O5/c1-2-28-21(27)17-18(26)16(10-14-11-23-19-15(14)4-3-7-22-19)29-20(17)24-8-5-13(12-25)6-9-24/h3-4,7,10-11,13,25-26H,2,5-6,8-9,12H2,1H3. The number of aromatic hydroxyl groups is 1. The van der Waals surface area contributed by atoms with E-state index in [2.05, 4.69) is 9.98 Å². The van der Waals surface area contributed by atoms with Crippen molar-refractivity contribution in [2.45, 2.75) is 19.8 Å². The van der Waals surface area contributed by atoms with Crippen molar-refractivity contribution in [3.63, 3.8) is 0 Å². The largest absolute Gasteiger partial charge is 0.504 e. The number of carbonyl (C=O) groups excluding carboxylic acids is 1. The van der Waals surface area contributed by atoms with Gasteiger partial charge < -0.3 is 24.3 Å². The number of hydrogen-bond donors (Lipinski definition) is 2. The third kappa shape index (κ3) is 3.63. The summed E-state index contributed by atoms with van der Waals surface area (Å²) in [5, 5.41) is 20.1. The summed E-state index contributed by atoms with van der Waals surface area (Å²) in [7, 11) is 0. The molecule has 2 aromatic heterocycles. The van der Waals surface area contributed by atoms with E-state index in [0.29, 0.717) is 24.8 Å². The fourth-order valence-electron chi connectivity index (χ4n) is 3.64. The number of allylic oxidation sites excluding steroid dienone is 1. The lowest BCUT2D eigenvalue weighted by molar-refractivity contribution is 0.0523. The van der Waals surface area contributed by atoms with Gasteiger partial charge in [-0.2, -0.15) is 0 Å². The number of anilines is 1. The SMILES string of the molecule is CCOC(=O)c1c(N2CCC(CO)CC2)oc(C=C2C=Nc3ncccc32)c1O. The van der Waals surface area contributed by atoms with Gasteiger partial charge in [0.15, 0.2) is 22.9 Å². The maximum Gasteiger partial charge on any atom is 0.347 e. The van der Waals surface area contributed by atoms with Crippen molar-refractivity contribution in [3.8, 4) is 5.75 Å². The zero-order valence-electron chi connectivity index (χ0n) is 16.2. The Bertz CT molecular complexity index is 971. The Kier molecular flexibility index (Phi) is 5.35. The van der Waals surface area contributed by atoms with E-state index in [4.69, 9.17) is 9.15 Å². The van der Waals surface area contributed by atoms with Crippen LogP contribution in [0.1, 0.15) is 41.4 Å². The van der Waals surface area contributed by atoms with Gasteiger partial charge in [0.25, 0.3) is 0 Å². The van der Waals surface area contributed by atoms with Gasteiger partial charge in [-0.25, -0.2) is 14.8 Å². The molecule has 0 bridgehead atoms. The highest BCUT2D eigenvalue weighted by molar-refractivity contribution is 6.21. The molecule has 8 heteroatoms. The molecule has 0 aliphatic carbocycles. The molecule has 0 spiro atoms. The summed E-state index contributed by atoms with van der Waals surface area (Å²) in [5.74, 6) is 0.430. The molecular weight excluding hydrogens is 374 g/mol. The van der Waals surface area contributed by atoms with E-state index in [1.165, 1.54) is 0 Å². The molecule has 0 aromatic carbocycles. The summed E-state index contributed by atoms with van der Waals surface area (Å²) in [6.45, 7) is 3.29. The molecule has 29 heavy (non-hydrogen) atoms. The van der Waals surface area contributed by atoms with Gasteiger partial charge in [-0.15, -0.1) is 0 Å². The van der Waals surface area contributed by atoms with Crippen molar-refractivity contribution in [1.29, 1.82) is 0 Å². The van der Waals surface area contributed by atoms with E-state index in [-0.39, 0.29) is 36.2 Å². The topological polar surface area (TPSA) is 108 Å². The molecule has 1 saturated heterocycles. The van der Waals surface area contributed by atoms with Gasteiger partial charge in [0.2, 0.25) is 5.88 Å². The maximum absolute atomic E-state index is 12.5. The van der Waals surface area contributed by atoms with E-state index in [1.54, 1.807) is 25.4 Å². The smallest absolute Gasteiger partial charge is 0.347 e. The lowest BCUT2D eigenvalue weighted by atomic mass is 9.98. The summed E-state index contributed by atoms with van der Waals surface area (Å²) in [6.07, 6.45) is 6.52. The molecule has 2 aliphatic rings. The number of hydrogen-bond acceptors (Lipinski definition) is 8. The Labute approximate surface area is 168 Å². The number of aliphatic hydroxyl groups excluding tert-OH is 1. The van der Waals surface area contributed by atoms with Crippen LogP contribution < -0.4 is 4.90 Å². The number of nitrogens with zero attached hydrogens (tertiary/aromatic N) is 3. The predicted molar refractivity (Wildman–Crippen MR) is 109 cm³/mol. The van der Waals surface area contributed by atoms with Crippen LogP contribution in [0.15, 0.2) is 27.7 Å². The highest BCUT2D eigenvalue weighted by Crippen LogP contribution is 2.40. The van der Waals surface area contributed by atoms with Crippen molar-refractivity contribution in [1.82, 2.24) is 4.98 Å². The summed E-state index contributed by atoms with van der Waals surface area (Å²) in [5.41, 5.74) is 1.59. The van der Waals surface area contributed by atoms with Crippen molar-refractivity contribution >= 4 is 35.5 Å². The highest BCUT2D eigenvalue weighted by atomic mass is 16.5. The Morgan fingerprint density at radius 1 is 1.41 bits per heavy atom. The predicted octanol–water partition coefficient (Wildman–Crippen LogP) is 3.02. The minimum Gasteiger partial charge on any atom is -0.504 e. The highest BCUT2D eigenvalue weighted by Gasteiger charge is 2.32. The lowest BCUT2D eigenvalue weighted by Crippen LogP contribution is -2.35. The number of esters is 1. The van der Waals surface area contributed by atoms with Crippen LogP contribution in [-0.4, -0.2) is 53.7 Å². The number of aliphatic hydroxyl groups is 1. The molecule has 2 aliphatic heterocycles. The number of furan rings is 1. The lowest BCUT2D eigenvalue weighted by Gasteiger charge is -2.31. The monoisotopic (exact) mass is 397 g/mol. The molecule has 152 valence electrons. The number of pyridine rings is 1. The third-order valence-electron chi connectivity index (χ3n) is 5.24. The first kappa shape index (κ1) is 19.2. The Hall–Kier alpha value is -3.13. The van der Waals surface area contributed by atoms with Crippen LogP contribution in [0.25, 0.3) is 11.6 Å². The summed E-state index contributed by atoms with van der Waals surface area (Å²) >= 11 is 0. The molecule has 0 saturated carbocycles. The van der Waals surface area contributed by atoms with E-state index in [0.717, 1.165) is 24.0 Å². The van der Waals surface area contributed by atoms with Crippen LogP contribution in [0.2, 0.25) is 0 Å². The van der Waals surface area contributed by atoms with Gasteiger partial charge in [-0.3, -0.25) is 0 Å². The fraction of sp³-hybridized carbons (Fsp3) is 0.381. The fourth-order valence-corrected chi connectivity index (χ4v) is 3.64. The molecule has 0 atom stereocenters. The minimum absolute atomic E-state index is 0.0301.